The maximum atomic E-state index is 12.7. The van der Waals surface area contributed by atoms with Gasteiger partial charge in [-0.3, -0.25) is 14.5 Å². The van der Waals surface area contributed by atoms with Crippen LogP contribution in [0.2, 0.25) is 0 Å². The molecule has 9 heteroatoms. The average Bonchev–Trinajstić information content (AvgIpc) is 3.22. The SMILES string of the molecule is C[C@H](N=C1NS(=O)(=O)c2ccccc21)C(=O)Nc1ccc2c(c1)OC1(CCCCC1)O2. The standard InChI is InChI=1S/C22H23N3O5S/c1-14(23-20-16-7-3-4-8-19(16)31(27,28)25-20)21(26)24-15-9-10-17-18(13-15)30-22(29-17)11-5-2-6-12-22/h3-4,7-10,13-14H,2,5-6,11-12H2,1H3,(H,23,25)(H,24,26)/t14-/m0/s1. The Labute approximate surface area is 180 Å². The van der Waals surface area contributed by atoms with Gasteiger partial charge < -0.3 is 14.8 Å². The van der Waals surface area contributed by atoms with E-state index in [1.165, 1.54) is 12.5 Å². The molecular formula is C22H23N3O5S. The van der Waals surface area contributed by atoms with Gasteiger partial charge in [0.25, 0.3) is 15.8 Å². The van der Waals surface area contributed by atoms with Crippen molar-refractivity contribution in [3.63, 3.8) is 0 Å². The number of rotatable bonds is 3. The molecule has 2 aromatic carbocycles. The first-order valence-electron chi connectivity index (χ1n) is 10.4. The molecule has 0 radical (unpaired) electrons. The Morgan fingerprint density at radius 3 is 2.65 bits per heavy atom. The first kappa shape index (κ1) is 19.9. The predicted octanol–water partition coefficient (Wildman–Crippen LogP) is 3.18. The van der Waals surface area contributed by atoms with E-state index in [-0.39, 0.29) is 16.6 Å². The quantitative estimate of drug-likeness (QED) is 0.761. The number of aliphatic imine (C=N–C) groups is 1. The Bertz CT molecular complexity index is 1190. The van der Waals surface area contributed by atoms with Gasteiger partial charge in [-0.1, -0.05) is 18.6 Å². The smallest absolute Gasteiger partial charge is 0.263 e. The molecule has 2 aromatic rings. The number of benzene rings is 2. The molecule has 8 nitrogen and oxygen atoms in total. The van der Waals surface area contributed by atoms with Crippen molar-refractivity contribution in [3.05, 3.63) is 48.0 Å². The second-order valence-electron chi connectivity index (χ2n) is 8.08. The Kier molecular flexibility index (Phi) is 4.65. The van der Waals surface area contributed by atoms with E-state index in [2.05, 4.69) is 15.0 Å². The van der Waals surface area contributed by atoms with Gasteiger partial charge in [0.15, 0.2) is 11.5 Å². The molecule has 2 heterocycles. The molecule has 162 valence electrons. The first-order valence-corrected chi connectivity index (χ1v) is 11.9. The normalized spacial score (nSPS) is 22.0. The Morgan fingerprint density at radius 1 is 1.10 bits per heavy atom. The highest BCUT2D eigenvalue weighted by Crippen LogP contribution is 2.46. The van der Waals surface area contributed by atoms with Crippen LogP contribution in [0, 0.1) is 0 Å². The molecule has 0 unspecified atom stereocenters. The number of hydrogen-bond acceptors (Lipinski definition) is 6. The molecule has 1 spiro atoms. The van der Waals surface area contributed by atoms with Crippen LogP contribution < -0.4 is 19.5 Å². The Balaban J connectivity index is 1.31. The lowest BCUT2D eigenvalue weighted by molar-refractivity contribution is -0.117. The monoisotopic (exact) mass is 441 g/mol. The van der Waals surface area contributed by atoms with Crippen molar-refractivity contribution in [1.29, 1.82) is 0 Å². The van der Waals surface area contributed by atoms with Crippen LogP contribution in [0.3, 0.4) is 0 Å². The molecule has 31 heavy (non-hydrogen) atoms. The van der Waals surface area contributed by atoms with E-state index in [0.29, 0.717) is 22.7 Å². The van der Waals surface area contributed by atoms with Gasteiger partial charge in [0, 0.05) is 30.2 Å². The lowest BCUT2D eigenvalue weighted by Gasteiger charge is -2.31. The van der Waals surface area contributed by atoms with E-state index in [1.54, 1.807) is 43.3 Å². The van der Waals surface area contributed by atoms with Gasteiger partial charge >= 0.3 is 0 Å². The van der Waals surface area contributed by atoms with Gasteiger partial charge in [0.1, 0.15) is 11.9 Å². The summed E-state index contributed by atoms with van der Waals surface area (Å²) in [6, 6.07) is 11.1. The van der Waals surface area contributed by atoms with Gasteiger partial charge in [-0.25, -0.2) is 8.42 Å². The molecule has 2 aliphatic heterocycles. The Hall–Kier alpha value is -3.07. The highest BCUT2D eigenvalue weighted by atomic mass is 32.2. The Morgan fingerprint density at radius 2 is 1.84 bits per heavy atom. The summed E-state index contributed by atoms with van der Waals surface area (Å²) in [5.41, 5.74) is 1.03. The second kappa shape index (κ2) is 7.26. The van der Waals surface area contributed by atoms with Crippen LogP contribution in [0.5, 0.6) is 11.5 Å². The van der Waals surface area contributed by atoms with E-state index >= 15 is 0 Å². The summed E-state index contributed by atoms with van der Waals surface area (Å²) in [7, 11) is -3.65. The van der Waals surface area contributed by atoms with Crippen LogP contribution in [-0.4, -0.2) is 32.0 Å². The van der Waals surface area contributed by atoms with Crippen molar-refractivity contribution in [2.75, 3.05) is 5.32 Å². The first-order chi connectivity index (χ1) is 14.9. The molecule has 1 amide bonds. The maximum Gasteiger partial charge on any atom is 0.263 e. The number of carbonyl (C=O) groups is 1. The third-order valence-electron chi connectivity index (χ3n) is 5.78. The summed E-state index contributed by atoms with van der Waals surface area (Å²) in [6.45, 7) is 1.61. The highest BCUT2D eigenvalue weighted by molar-refractivity contribution is 7.90. The lowest BCUT2D eigenvalue weighted by atomic mass is 9.94. The van der Waals surface area contributed by atoms with E-state index < -0.39 is 21.9 Å². The molecule has 2 N–H and O–H groups in total. The second-order valence-corrected chi connectivity index (χ2v) is 9.73. The molecule has 5 rings (SSSR count). The number of nitrogens with one attached hydrogen (secondary N) is 2. The largest absolute Gasteiger partial charge is 0.448 e. The number of anilines is 1. The molecule has 0 bridgehead atoms. The maximum absolute atomic E-state index is 12.7. The molecule has 1 atom stereocenters. The van der Waals surface area contributed by atoms with Crippen molar-refractivity contribution in [1.82, 2.24) is 4.72 Å². The fraction of sp³-hybridized carbons (Fsp3) is 0.364. The number of amides is 1. The molecule has 1 fully saturated rings. The van der Waals surface area contributed by atoms with Gasteiger partial charge in [-0.15, -0.1) is 0 Å². The van der Waals surface area contributed by atoms with Crippen LogP contribution in [0.4, 0.5) is 5.69 Å². The van der Waals surface area contributed by atoms with Crippen LogP contribution in [0.15, 0.2) is 52.4 Å². The fourth-order valence-electron chi connectivity index (χ4n) is 4.19. The van der Waals surface area contributed by atoms with Crippen LogP contribution in [-0.2, 0) is 14.8 Å². The molecule has 0 saturated heterocycles. The van der Waals surface area contributed by atoms with Crippen LogP contribution in [0.1, 0.15) is 44.6 Å². The molecule has 1 aliphatic carbocycles. The molecule has 0 aromatic heterocycles. The number of fused-ring (bicyclic) bond motifs is 2. The minimum atomic E-state index is -3.65. The zero-order chi connectivity index (χ0) is 21.6. The van der Waals surface area contributed by atoms with Crippen LogP contribution in [0.25, 0.3) is 0 Å². The third kappa shape index (κ3) is 3.63. The van der Waals surface area contributed by atoms with Crippen molar-refractivity contribution < 1.29 is 22.7 Å². The van der Waals surface area contributed by atoms with Gasteiger partial charge in [-0.2, -0.15) is 0 Å². The van der Waals surface area contributed by atoms with Crippen LogP contribution >= 0.6 is 0 Å². The minimum Gasteiger partial charge on any atom is -0.448 e. The zero-order valence-electron chi connectivity index (χ0n) is 17.1. The van der Waals surface area contributed by atoms with Gasteiger partial charge in [0.05, 0.1) is 4.90 Å². The van der Waals surface area contributed by atoms with E-state index in [9.17, 15) is 13.2 Å². The van der Waals surface area contributed by atoms with E-state index in [4.69, 9.17) is 9.47 Å². The molecule has 3 aliphatic rings. The topological polar surface area (TPSA) is 106 Å². The number of sulfonamides is 1. The van der Waals surface area contributed by atoms with E-state index in [0.717, 1.165) is 25.7 Å². The summed E-state index contributed by atoms with van der Waals surface area (Å²) in [5.74, 6) is 0.544. The van der Waals surface area contributed by atoms with Crippen molar-refractivity contribution in [2.45, 2.75) is 55.8 Å². The number of hydrogen-bond donors (Lipinski definition) is 2. The van der Waals surface area contributed by atoms with Gasteiger partial charge in [-0.05, 0) is 44.0 Å². The van der Waals surface area contributed by atoms with E-state index in [1.807, 2.05) is 0 Å². The fourth-order valence-corrected chi connectivity index (χ4v) is 5.43. The zero-order valence-corrected chi connectivity index (χ0v) is 17.9. The number of ether oxygens (including phenoxy) is 2. The minimum absolute atomic E-state index is 0.161. The summed E-state index contributed by atoms with van der Waals surface area (Å²) in [6.07, 6.45) is 5.04. The average molecular weight is 442 g/mol. The number of carbonyl (C=O) groups excluding carboxylic acids is 1. The summed E-state index contributed by atoms with van der Waals surface area (Å²) in [4.78, 5) is 17.2. The molecular weight excluding hydrogens is 418 g/mol. The summed E-state index contributed by atoms with van der Waals surface area (Å²) in [5, 5.41) is 2.82. The third-order valence-corrected chi connectivity index (χ3v) is 7.18. The predicted molar refractivity (Wildman–Crippen MR) is 115 cm³/mol. The van der Waals surface area contributed by atoms with Crippen molar-refractivity contribution in [3.8, 4) is 11.5 Å². The summed E-state index contributed by atoms with van der Waals surface area (Å²) >= 11 is 0. The van der Waals surface area contributed by atoms with Crippen molar-refractivity contribution in [2.24, 2.45) is 4.99 Å². The number of nitrogens with zero attached hydrogens (tertiary/aromatic N) is 1. The lowest BCUT2D eigenvalue weighted by Crippen LogP contribution is -2.40. The van der Waals surface area contributed by atoms with Crippen molar-refractivity contribution >= 4 is 27.5 Å². The summed E-state index contributed by atoms with van der Waals surface area (Å²) < 4.78 is 39.0. The highest BCUT2D eigenvalue weighted by Gasteiger charge is 2.42. The number of amidine groups is 1. The van der Waals surface area contributed by atoms with Gasteiger partial charge in [0.2, 0.25) is 5.91 Å². The molecule has 1 saturated carbocycles.